The van der Waals surface area contributed by atoms with Crippen LogP contribution in [0.25, 0.3) is 0 Å². The minimum atomic E-state index is -0.730. The van der Waals surface area contributed by atoms with Gasteiger partial charge in [-0.3, -0.25) is 9.59 Å². The van der Waals surface area contributed by atoms with E-state index in [0.29, 0.717) is 0 Å². The van der Waals surface area contributed by atoms with Crippen LogP contribution in [0.5, 0.6) is 0 Å². The van der Waals surface area contributed by atoms with E-state index in [0.717, 1.165) is 38.5 Å². The van der Waals surface area contributed by atoms with Crippen molar-refractivity contribution in [2.75, 3.05) is 0 Å². The van der Waals surface area contributed by atoms with Crippen LogP contribution in [0.2, 0.25) is 0 Å². The number of allylic oxidation sites excluding steroid dienone is 1. The molecule has 1 N–H and O–H groups in total. The monoisotopic (exact) mass is 354 g/mol. The number of carboxylic acid groups (broad SMARTS) is 1. The summed E-state index contributed by atoms with van der Waals surface area (Å²) in [5, 5.41) is 8.60. The molecule has 0 amide bonds. The van der Waals surface area contributed by atoms with E-state index in [1.165, 1.54) is 51.9 Å². The van der Waals surface area contributed by atoms with Gasteiger partial charge in [0.2, 0.25) is 0 Å². The molecule has 1 atom stereocenters. The lowest BCUT2D eigenvalue weighted by molar-refractivity contribution is -0.144. The van der Waals surface area contributed by atoms with Gasteiger partial charge < -0.3 is 9.84 Å². The highest BCUT2D eigenvalue weighted by Gasteiger charge is 2.08. The highest BCUT2D eigenvalue weighted by atomic mass is 16.5. The number of esters is 1. The molecule has 0 aliphatic rings. The molecule has 0 aliphatic carbocycles. The third kappa shape index (κ3) is 18.9. The molecular formula is C21H38O4. The second-order valence-corrected chi connectivity index (χ2v) is 6.83. The summed E-state index contributed by atoms with van der Waals surface area (Å²) in [5.74, 6) is -0.970. The molecule has 0 aromatic carbocycles. The summed E-state index contributed by atoms with van der Waals surface area (Å²) in [6, 6.07) is 0. The van der Waals surface area contributed by atoms with Crippen LogP contribution in [-0.2, 0) is 14.3 Å². The third-order valence-corrected chi connectivity index (χ3v) is 4.27. The van der Waals surface area contributed by atoms with Gasteiger partial charge in [-0.25, -0.2) is 0 Å². The predicted octanol–water partition coefficient (Wildman–Crippen LogP) is 6.04. The predicted molar refractivity (Wildman–Crippen MR) is 103 cm³/mol. The van der Waals surface area contributed by atoms with E-state index in [1.807, 2.05) is 6.08 Å². The van der Waals surface area contributed by atoms with Crippen LogP contribution >= 0.6 is 0 Å². The number of aliphatic carboxylic acids is 1. The minimum Gasteiger partial charge on any atom is -0.481 e. The lowest BCUT2D eigenvalue weighted by Crippen LogP contribution is -2.13. The van der Waals surface area contributed by atoms with E-state index in [2.05, 4.69) is 13.0 Å². The number of carbonyl (C=O) groups is 2. The molecule has 0 fully saturated rings. The van der Waals surface area contributed by atoms with Crippen molar-refractivity contribution in [3.63, 3.8) is 0 Å². The molecule has 4 nitrogen and oxygen atoms in total. The number of hydrogen-bond acceptors (Lipinski definition) is 3. The SMILES string of the molecule is CCCCCCCCC/C=C\C(CCCCCCC(=O)O)OC(C)=O. The summed E-state index contributed by atoms with van der Waals surface area (Å²) in [4.78, 5) is 21.7. The van der Waals surface area contributed by atoms with Crippen LogP contribution in [0.15, 0.2) is 12.2 Å². The molecule has 25 heavy (non-hydrogen) atoms. The van der Waals surface area contributed by atoms with Gasteiger partial charge in [-0.05, 0) is 38.2 Å². The first-order valence-electron chi connectivity index (χ1n) is 10.1. The molecule has 0 rings (SSSR count). The number of unbranched alkanes of at least 4 members (excludes halogenated alkanes) is 10. The Morgan fingerprint density at radius 1 is 0.920 bits per heavy atom. The minimum absolute atomic E-state index is 0.137. The fraction of sp³-hybridized carbons (Fsp3) is 0.810. The van der Waals surface area contributed by atoms with Crippen LogP contribution in [0.4, 0.5) is 0 Å². The Bertz CT molecular complexity index is 363. The molecule has 0 aromatic heterocycles. The molecule has 0 saturated carbocycles. The Kier molecular flexibility index (Phi) is 16.6. The Morgan fingerprint density at radius 3 is 2.16 bits per heavy atom. The van der Waals surface area contributed by atoms with E-state index in [9.17, 15) is 9.59 Å². The van der Waals surface area contributed by atoms with Gasteiger partial charge in [0.15, 0.2) is 0 Å². The topological polar surface area (TPSA) is 63.6 Å². The van der Waals surface area contributed by atoms with Crippen molar-refractivity contribution in [1.29, 1.82) is 0 Å². The van der Waals surface area contributed by atoms with Gasteiger partial charge in [0.1, 0.15) is 6.10 Å². The van der Waals surface area contributed by atoms with Crippen LogP contribution in [0, 0.1) is 0 Å². The van der Waals surface area contributed by atoms with E-state index < -0.39 is 5.97 Å². The van der Waals surface area contributed by atoms with Crippen LogP contribution in [-0.4, -0.2) is 23.1 Å². The van der Waals surface area contributed by atoms with E-state index in [-0.39, 0.29) is 18.5 Å². The van der Waals surface area contributed by atoms with Gasteiger partial charge in [-0.1, -0.05) is 64.4 Å². The van der Waals surface area contributed by atoms with Crippen molar-refractivity contribution in [3.8, 4) is 0 Å². The van der Waals surface area contributed by atoms with E-state index in [4.69, 9.17) is 9.84 Å². The van der Waals surface area contributed by atoms with Crippen molar-refractivity contribution in [3.05, 3.63) is 12.2 Å². The molecular weight excluding hydrogens is 316 g/mol. The van der Waals surface area contributed by atoms with Gasteiger partial charge in [0.05, 0.1) is 0 Å². The first-order valence-corrected chi connectivity index (χ1v) is 10.1. The molecule has 0 heterocycles. The molecule has 0 saturated heterocycles. The normalized spacial score (nSPS) is 12.4. The number of carboxylic acids is 1. The van der Waals surface area contributed by atoms with Crippen molar-refractivity contribution >= 4 is 11.9 Å². The van der Waals surface area contributed by atoms with Crippen LogP contribution < -0.4 is 0 Å². The summed E-state index contributed by atoms with van der Waals surface area (Å²) >= 11 is 0. The van der Waals surface area contributed by atoms with Crippen molar-refractivity contribution in [2.24, 2.45) is 0 Å². The average molecular weight is 355 g/mol. The lowest BCUT2D eigenvalue weighted by atomic mass is 10.1. The van der Waals surface area contributed by atoms with Gasteiger partial charge in [-0.2, -0.15) is 0 Å². The van der Waals surface area contributed by atoms with Gasteiger partial charge in [0.25, 0.3) is 0 Å². The summed E-state index contributed by atoms with van der Waals surface area (Å²) in [7, 11) is 0. The lowest BCUT2D eigenvalue weighted by Gasteiger charge is -2.13. The molecule has 0 spiro atoms. The smallest absolute Gasteiger partial charge is 0.303 e. The number of hydrogen-bond donors (Lipinski definition) is 1. The summed E-state index contributed by atoms with van der Waals surface area (Å²) in [5.41, 5.74) is 0. The molecule has 0 aromatic rings. The summed E-state index contributed by atoms with van der Waals surface area (Å²) < 4.78 is 5.35. The molecule has 1 unspecified atom stereocenters. The van der Waals surface area contributed by atoms with Crippen molar-refractivity contribution in [1.82, 2.24) is 0 Å². The third-order valence-electron chi connectivity index (χ3n) is 4.27. The van der Waals surface area contributed by atoms with Crippen LogP contribution in [0.1, 0.15) is 104 Å². The molecule has 4 heteroatoms. The number of carbonyl (C=O) groups excluding carboxylic acids is 1. The maximum atomic E-state index is 11.2. The van der Waals surface area contributed by atoms with Crippen molar-refractivity contribution in [2.45, 2.75) is 110 Å². The fourth-order valence-corrected chi connectivity index (χ4v) is 2.85. The zero-order chi connectivity index (χ0) is 18.8. The highest BCUT2D eigenvalue weighted by molar-refractivity contribution is 5.66. The quantitative estimate of drug-likeness (QED) is 0.196. The largest absolute Gasteiger partial charge is 0.481 e. The zero-order valence-corrected chi connectivity index (χ0v) is 16.3. The second kappa shape index (κ2) is 17.5. The summed E-state index contributed by atoms with van der Waals surface area (Å²) in [6.45, 7) is 3.68. The Balaban J connectivity index is 3.78. The highest BCUT2D eigenvalue weighted by Crippen LogP contribution is 2.13. The Morgan fingerprint density at radius 2 is 1.52 bits per heavy atom. The van der Waals surface area contributed by atoms with E-state index in [1.54, 1.807) is 0 Å². The van der Waals surface area contributed by atoms with Crippen molar-refractivity contribution < 1.29 is 19.4 Å². The van der Waals surface area contributed by atoms with Crippen LogP contribution in [0.3, 0.4) is 0 Å². The Labute approximate surface area is 154 Å². The fourth-order valence-electron chi connectivity index (χ4n) is 2.85. The van der Waals surface area contributed by atoms with Gasteiger partial charge in [0, 0.05) is 13.3 Å². The number of ether oxygens (including phenoxy) is 1. The second-order valence-electron chi connectivity index (χ2n) is 6.83. The van der Waals surface area contributed by atoms with Gasteiger partial charge >= 0.3 is 11.9 Å². The maximum absolute atomic E-state index is 11.2. The molecule has 0 bridgehead atoms. The average Bonchev–Trinajstić information content (AvgIpc) is 2.55. The first-order chi connectivity index (χ1) is 12.1. The molecule has 146 valence electrons. The maximum Gasteiger partial charge on any atom is 0.303 e. The Hall–Kier alpha value is -1.32. The summed E-state index contributed by atoms with van der Waals surface area (Å²) in [6.07, 6.45) is 18.8. The van der Waals surface area contributed by atoms with E-state index >= 15 is 0 Å². The molecule has 0 radical (unpaired) electrons. The first kappa shape index (κ1) is 23.7. The van der Waals surface area contributed by atoms with Gasteiger partial charge in [-0.15, -0.1) is 0 Å². The molecule has 0 aliphatic heterocycles. The number of rotatable bonds is 17. The zero-order valence-electron chi connectivity index (χ0n) is 16.3. The standard InChI is InChI=1S/C21H38O4/c1-3-4-5-6-7-8-9-10-13-16-20(25-19(2)22)17-14-11-12-15-18-21(23)24/h13,16,20H,3-12,14-15,17-18H2,1-2H3,(H,23,24)/b16-13-.